The maximum atomic E-state index is 12.9. The van der Waals surface area contributed by atoms with Gasteiger partial charge in [-0.2, -0.15) is 0 Å². The predicted octanol–water partition coefficient (Wildman–Crippen LogP) is 2.29. The molecule has 2 amide bonds. The summed E-state index contributed by atoms with van der Waals surface area (Å²) in [6.07, 6.45) is 2.06. The van der Waals surface area contributed by atoms with E-state index in [1.807, 2.05) is 6.92 Å². The zero-order chi connectivity index (χ0) is 31.0. The summed E-state index contributed by atoms with van der Waals surface area (Å²) < 4.78 is 21.6. The summed E-state index contributed by atoms with van der Waals surface area (Å²) in [5.41, 5.74) is 5.50. The van der Waals surface area contributed by atoms with E-state index >= 15 is 0 Å². The number of fused-ring (bicyclic) bond motifs is 1. The fourth-order valence-corrected chi connectivity index (χ4v) is 4.84. The van der Waals surface area contributed by atoms with Crippen molar-refractivity contribution in [2.24, 2.45) is 17.6 Å². The molecule has 12 nitrogen and oxygen atoms in total. The quantitative estimate of drug-likeness (QED) is 0.220. The minimum atomic E-state index is -1.12. The Labute approximate surface area is 239 Å². The number of carbonyl (C=O) groups is 4. The van der Waals surface area contributed by atoms with Crippen LogP contribution in [0.3, 0.4) is 0 Å². The highest BCUT2D eigenvalue weighted by molar-refractivity contribution is 6.50. The van der Waals surface area contributed by atoms with E-state index in [2.05, 4.69) is 5.32 Å². The fourth-order valence-electron chi connectivity index (χ4n) is 4.84. The molecule has 2 bridgehead atoms. The molecule has 1 aliphatic heterocycles. The van der Waals surface area contributed by atoms with E-state index in [0.717, 1.165) is 0 Å². The van der Waals surface area contributed by atoms with Crippen LogP contribution in [-0.4, -0.2) is 79.5 Å². The fraction of sp³-hybridized carbons (Fsp3) is 0.517. The Bertz CT molecular complexity index is 1200. The molecular weight excluding hydrogens is 536 g/mol. The molecule has 0 spiro atoms. The lowest BCUT2D eigenvalue weighted by molar-refractivity contribution is -0.135. The lowest BCUT2D eigenvalue weighted by Crippen LogP contribution is -2.38. The smallest absolute Gasteiger partial charge is 0.405 e. The van der Waals surface area contributed by atoms with Gasteiger partial charge in [0.25, 0.3) is 17.5 Å². The first-order valence-electron chi connectivity index (χ1n) is 13.1. The zero-order valence-electron chi connectivity index (χ0n) is 24.4. The van der Waals surface area contributed by atoms with Crippen molar-refractivity contribution in [2.45, 2.75) is 65.0 Å². The molecule has 0 aromatic heterocycles. The molecule has 0 radical (unpaired) electrons. The molecule has 0 aromatic rings. The number of ketones is 2. The number of carbonyl (C=O) groups excluding carboxylic acids is 4. The van der Waals surface area contributed by atoms with Gasteiger partial charge in [0.2, 0.25) is 0 Å². The van der Waals surface area contributed by atoms with Crippen LogP contribution in [0.25, 0.3) is 0 Å². The van der Waals surface area contributed by atoms with Crippen molar-refractivity contribution in [1.82, 2.24) is 5.32 Å². The van der Waals surface area contributed by atoms with Crippen LogP contribution >= 0.6 is 0 Å². The Morgan fingerprint density at radius 1 is 1.07 bits per heavy atom. The van der Waals surface area contributed by atoms with Gasteiger partial charge in [-0.3, -0.25) is 14.4 Å². The van der Waals surface area contributed by atoms with Gasteiger partial charge in [0.15, 0.2) is 11.9 Å². The van der Waals surface area contributed by atoms with Gasteiger partial charge in [0.1, 0.15) is 17.6 Å². The number of hydrogen-bond acceptors (Lipinski definition) is 10. The first kappa shape index (κ1) is 33.5. The summed E-state index contributed by atoms with van der Waals surface area (Å²) in [5, 5.41) is 24.5. The van der Waals surface area contributed by atoms with Crippen LogP contribution in [-0.2, 0) is 33.3 Å². The minimum Gasteiger partial charge on any atom is -0.505 e. The van der Waals surface area contributed by atoms with Crippen LogP contribution in [0.5, 0.6) is 0 Å². The maximum Gasteiger partial charge on any atom is 0.405 e. The first-order valence-corrected chi connectivity index (χ1v) is 13.1. The third kappa shape index (κ3) is 8.15. The Kier molecular flexibility index (Phi) is 12.1. The van der Waals surface area contributed by atoms with E-state index < -0.39 is 65.4 Å². The van der Waals surface area contributed by atoms with Gasteiger partial charge in [0, 0.05) is 31.3 Å². The molecular formula is C29H40N2O10. The molecule has 1 aliphatic carbocycles. The second-order valence-electron chi connectivity index (χ2n) is 10.2. The van der Waals surface area contributed by atoms with Crippen LogP contribution in [0, 0.1) is 11.8 Å². The molecule has 2 aliphatic rings. The number of primary amides is 1. The summed E-state index contributed by atoms with van der Waals surface area (Å²) in [6, 6.07) is 0. The van der Waals surface area contributed by atoms with Crippen LogP contribution in [0.2, 0.25) is 0 Å². The number of rotatable bonds is 4. The predicted molar refractivity (Wildman–Crippen MR) is 148 cm³/mol. The SMILES string of the molecule is COC1=C2C[C@@H](C)C[C@H](OC)[C@H](O)[C@@H](C)C=C(C)[C@H](OC(N)=O)[C@@H](OC)C=CC=C(C)C(=O)NC(=C2O)C(=O)C1=O. The highest BCUT2D eigenvalue weighted by atomic mass is 16.6. The highest BCUT2D eigenvalue weighted by Crippen LogP contribution is 2.32. The topological polar surface area (TPSA) is 184 Å². The monoisotopic (exact) mass is 576 g/mol. The third-order valence-corrected chi connectivity index (χ3v) is 7.08. The average molecular weight is 577 g/mol. The molecule has 0 fully saturated rings. The first-order chi connectivity index (χ1) is 19.3. The molecule has 6 atom stereocenters. The average Bonchev–Trinajstić information content (AvgIpc) is 2.92. The van der Waals surface area contributed by atoms with Crippen molar-refractivity contribution in [3.8, 4) is 0 Å². The number of Topliss-reactive ketones (excluding diaryl/α,β-unsaturated/α-hetero) is 2. The second-order valence-corrected chi connectivity index (χ2v) is 10.2. The summed E-state index contributed by atoms with van der Waals surface area (Å²) in [4.78, 5) is 50.2. The Morgan fingerprint density at radius 3 is 2.29 bits per heavy atom. The van der Waals surface area contributed by atoms with Gasteiger partial charge in [-0.15, -0.1) is 0 Å². The van der Waals surface area contributed by atoms with Crippen LogP contribution in [0.1, 0.15) is 40.5 Å². The standard InChI is InChI=1S/C29H40N2O10/c1-14-11-18-23(33)21(24(34)25(35)27(18)40-7)31-28(36)15(2)9-8-10-19(38-5)26(41-29(30)37)17(4)13-16(3)22(32)20(12-14)39-6/h8-10,13-14,16,19-20,22,26,32-33H,11-12H2,1-7H3,(H2,30,37)(H,31,36)/t14-,16+,19+,20+,22-,26+/m1/s1. The van der Waals surface area contributed by atoms with E-state index in [0.29, 0.717) is 12.0 Å². The van der Waals surface area contributed by atoms with Crippen LogP contribution in [0.15, 0.2) is 58.2 Å². The molecule has 12 heteroatoms. The van der Waals surface area contributed by atoms with E-state index in [1.54, 1.807) is 19.9 Å². The summed E-state index contributed by atoms with van der Waals surface area (Å²) in [7, 11) is 4.07. The van der Waals surface area contributed by atoms with E-state index in [1.165, 1.54) is 46.5 Å². The molecule has 1 heterocycles. The molecule has 2 rings (SSSR count). The number of aliphatic hydroxyl groups is 2. The number of hydrogen-bond donors (Lipinski definition) is 4. The third-order valence-electron chi connectivity index (χ3n) is 7.08. The van der Waals surface area contributed by atoms with E-state index in [4.69, 9.17) is 24.7 Å². The van der Waals surface area contributed by atoms with E-state index in [9.17, 15) is 29.4 Å². The van der Waals surface area contributed by atoms with Crippen molar-refractivity contribution in [3.63, 3.8) is 0 Å². The molecule has 0 saturated carbocycles. The van der Waals surface area contributed by atoms with Crippen molar-refractivity contribution in [3.05, 3.63) is 58.2 Å². The van der Waals surface area contributed by atoms with Gasteiger partial charge < -0.3 is 40.2 Å². The Hall–Kier alpha value is -3.74. The van der Waals surface area contributed by atoms with Crippen molar-refractivity contribution >= 4 is 23.6 Å². The number of ether oxygens (including phenoxy) is 4. The lowest BCUT2D eigenvalue weighted by Gasteiger charge is -2.30. The zero-order valence-corrected chi connectivity index (χ0v) is 24.4. The van der Waals surface area contributed by atoms with Gasteiger partial charge in [-0.25, -0.2) is 4.79 Å². The van der Waals surface area contributed by atoms with Gasteiger partial charge in [0.05, 0.1) is 19.3 Å². The minimum absolute atomic E-state index is 0.0573. The van der Waals surface area contributed by atoms with E-state index in [-0.39, 0.29) is 29.2 Å². The van der Waals surface area contributed by atoms with Crippen molar-refractivity contribution < 1.29 is 48.3 Å². The number of allylic oxidation sites excluding steroid dienone is 5. The summed E-state index contributed by atoms with van der Waals surface area (Å²) in [5.74, 6) is -4.51. The van der Waals surface area contributed by atoms with Gasteiger partial charge in [-0.1, -0.05) is 38.2 Å². The van der Waals surface area contributed by atoms with Crippen LogP contribution < -0.4 is 11.1 Å². The number of aliphatic hydroxyl groups excluding tert-OH is 2. The largest absolute Gasteiger partial charge is 0.505 e. The molecule has 0 aromatic carbocycles. The Morgan fingerprint density at radius 2 is 1.73 bits per heavy atom. The maximum absolute atomic E-state index is 12.9. The molecule has 0 unspecified atom stereocenters. The highest BCUT2D eigenvalue weighted by Gasteiger charge is 2.38. The number of methoxy groups -OCH3 is 3. The van der Waals surface area contributed by atoms with Gasteiger partial charge >= 0.3 is 6.09 Å². The second kappa shape index (κ2) is 14.8. The molecule has 226 valence electrons. The van der Waals surface area contributed by atoms with Crippen molar-refractivity contribution in [2.75, 3.05) is 21.3 Å². The number of nitrogens with one attached hydrogen (secondary N) is 1. The molecule has 41 heavy (non-hydrogen) atoms. The number of nitrogens with two attached hydrogens (primary N) is 1. The summed E-state index contributed by atoms with van der Waals surface area (Å²) >= 11 is 0. The molecule has 0 saturated heterocycles. The van der Waals surface area contributed by atoms with Gasteiger partial charge in [-0.05, 0) is 38.2 Å². The van der Waals surface area contributed by atoms with Crippen molar-refractivity contribution in [1.29, 1.82) is 0 Å². The number of amides is 2. The van der Waals surface area contributed by atoms with Crippen LogP contribution in [0.4, 0.5) is 4.79 Å². The normalized spacial score (nSPS) is 29.1. The Balaban J connectivity index is 2.67. The molecule has 5 N–H and O–H groups in total. The summed E-state index contributed by atoms with van der Waals surface area (Å²) in [6.45, 7) is 6.76. The lowest BCUT2D eigenvalue weighted by atomic mass is 9.85.